The number of hydrogen-bond acceptors (Lipinski definition) is 6. The minimum atomic E-state index is -0.868. The minimum absolute atomic E-state index is 0.0890. The van der Waals surface area contributed by atoms with Crippen molar-refractivity contribution in [2.45, 2.75) is 25.8 Å². The average molecular weight is 519 g/mol. The Hall–Kier alpha value is -3.49. The zero-order chi connectivity index (χ0) is 25.5. The lowest BCUT2D eigenvalue weighted by Gasteiger charge is -2.19. The predicted octanol–water partition coefficient (Wildman–Crippen LogP) is 4.41. The smallest absolute Gasteiger partial charge is 0.343 e. The molecule has 35 heavy (non-hydrogen) atoms. The Morgan fingerprint density at radius 3 is 2.46 bits per heavy atom. The van der Waals surface area contributed by atoms with Gasteiger partial charge in [0.05, 0.1) is 29.3 Å². The van der Waals surface area contributed by atoms with Crippen LogP contribution in [0.4, 0.5) is 0 Å². The molecule has 10 heteroatoms. The minimum Gasteiger partial charge on any atom is -0.506 e. The van der Waals surface area contributed by atoms with Crippen molar-refractivity contribution in [3.63, 3.8) is 0 Å². The lowest BCUT2D eigenvalue weighted by Crippen LogP contribution is -2.27. The number of nitrogens with one attached hydrogen (secondary N) is 2. The van der Waals surface area contributed by atoms with Crippen molar-refractivity contribution in [2.24, 2.45) is 0 Å². The molecule has 3 rings (SSSR count). The van der Waals surface area contributed by atoms with Gasteiger partial charge >= 0.3 is 5.97 Å². The summed E-state index contributed by atoms with van der Waals surface area (Å²) in [5.74, 6) is -2.01. The van der Waals surface area contributed by atoms with Crippen LogP contribution >= 0.6 is 23.2 Å². The van der Waals surface area contributed by atoms with Crippen LogP contribution in [0.3, 0.4) is 0 Å². The quantitative estimate of drug-likeness (QED) is 0.361. The van der Waals surface area contributed by atoms with E-state index in [-0.39, 0.29) is 30.7 Å². The van der Waals surface area contributed by atoms with Crippen molar-refractivity contribution in [3.05, 3.63) is 91.3 Å². The first-order valence-corrected chi connectivity index (χ1v) is 11.5. The molecule has 0 aliphatic carbocycles. The summed E-state index contributed by atoms with van der Waals surface area (Å²) in [7, 11) is 1.52. The molecular formula is C25H24Cl2N2O6. The van der Waals surface area contributed by atoms with Gasteiger partial charge < -0.3 is 24.9 Å². The molecule has 3 aromatic rings. The van der Waals surface area contributed by atoms with Crippen LogP contribution in [0.15, 0.2) is 53.5 Å². The molecule has 0 aliphatic heterocycles. The number of halogens is 2. The highest BCUT2D eigenvalue weighted by molar-refractivity contribution is 6.42. The van der Waals surface area contributed by atoms with E-state index in [2.05, 4.69) is 10.3 Å². The first-order valence-electron chi connectivity index (χ1n) is 10.7. The molecule has 1 amide bonds. The van der Waals surface area contributed by atoms with E-state index in [1.54, 1.807) is 49.4 Å². The van der Waals surface area contributed by atoms with Crippen LogP contribution in [0, 0.1) is 0 Å². The Morgan fingerprint density at radius 1 is 1.11 bits per heavy atom. The van der Waals surface area contributed by atoms with E-state index in [0.717, 1.165) is 11.8 Å². The molecule has 184 valence electrons. The Morgan fingerprint density at radius 2 is 1.83 bits per heavy atom. The third-order valence-corrected chi connectivity index (χ3v) is 6.07. The van der Waals surface area contributed by atoms with Crippen LogP contribution in [0.2, 0.25) is 10.0 Å². The molecule has 0 saturated carbocycles. The number of rotatable bonds is 9. The Balaban J connectivity index is 1.95. The number of methoxy groups -OCH3 is 1. The molecule has 0 spiro atoms. The summed E-state index contributed by atoms with van der Waals surface area (Å²) in [4.78, 5) is 40.5. The number of benzene rings is 2. The number of pyridine rings is 1. The van der Waals surface area contributed by atoms with Crippen LogP contribution < -0.4 is 15.6 Å². The van der Waals surface area contributed by atoms with Crippen LogP contribution in [0.25, 0.3) is 0 Å². The number of aromatic nitrogens is 1. The standard InChI is InChI=1S/C25H24Cl2N2O6/c1-3-35-25(33)18-13-29-24(32)22(23(18)31)17(15-5-7-16(34-2)8-6-15)11-21(30)28-12-14-4-9-19(26)20(27)10-14/h4-10,13,17H,3,11-12H2,1-2H3,(H,28,30)(H2,29,31,32)/t17-/m0/s1. The van der Waals surface area contributed by atoms with E-state index < -0.39 is 29.1 Å². The highest BCUT2D eigenvalue weighted by Gasteiger charge is 2.28. The molecule has 0 aliphatic rings. The molecule has 0 bridgehead atoms. The normalized spacial score (nSPS) is 11.5. The van der Waals surface area contributed by atoms with E-state index in [4.69, 9.17) is 32.7 Å². The number of aromatic amines is 1. The number of amides is 1. The molecule has 0 radical (unpaired) electrons. The van der Waals surface area contributed by atoms with Gasteiger partial charge in [-0.2, -0.15) is 0 Å². The van der Waals surface area contributed by atoms with E-state index in [1.165, 1.54) is 7.11 Å². The van der Waals surface area contributed by atoms with Gasteiger partial charge in [-0.15, -0.1) is 0 Å². The zero-order valence-corrected chi connectivity index (χ0v) is 20.6. The highest BCUT2D eigenvalue weighted by Crippen LogP contribution is 2.34. The van der Waals surface area contributed by atoms with Gasteiger partial charge in [-0.25, -0.2) is 4.79 Å². The second-order valence-electron chi connectivity index (χ2n) is 7.57. The predicted molar refractivity (Wildman–Crippen MR) is 132 cm³/mol. The summed E-state index contributed by atoms with van der Waals surface area (Å²) in [6.45, 7) is 1.89. The van der Waals surface area contributed by atoms with Crippen molar-refractivity contribution in [1.82, 2.24) is 10.3 Å². The SMILES string of the molecule is CCOC(=O)c1c[nH]c(=O)c([C@@H](CC(=O)NCc2ccc(Cl)c(Cl)c2)c2ccc(OC)cc2)c1O. The number of esters is 1. The second kappa shape index (κ2) is 11.8. The molecule has 3 N–H and O–H groups in total. The van der Waals surface area contributed by atoms with Crippen molar-refractivity contribution in [1.29, 1.82) is 0 Å². The largest absolute Gasteiger partial charge is 0.506 e. The van der Waals surface area contributed by atoms with Gasteiger partial charge in [0.15, 0.2) is 0 Å². The van der Waals surface area contributed by atoms with Crippen LogP contribution in [-0.2, 0) is 16.1 Å². The summed E-state index contributed by atoms with van der Waals surface area (Å²) >= 11 is 12.0. The first kappa shape index (κ1) is 26.1. The molecule has 0 saturated heterocycles. The maximum absolute atomic E-state index is 12.9. The molecule has 0 fully saturated rings. The summed E-state index contributed by atoms with van der Waals surface area (Å²) in [5, 5.41) is 14.4. The molecule has 1 atom stereocenters. The van der Waals surface area contributed by atoms with Crippen molar-refractivity contribution < 1.29 is 24.2 Å². The van der Waals surface area contributed by atoms with E-state index in [0.29, 0.717) is 21.4 Å². The fourth-order valence-corrected chi connectivity index (χ4v) is 3.88. The number of ether oxygens (including phenoxy) is 2. The summed E-state index contributed by atoms with van der Waals surface area (Å²) in [6.07, 6.45) is 0.908. The Kier molecular flexibility index (Phi) is 8.78. The van der Waals surface area contributed by atoms with Gasteiger partial charge in [-0.05, 0) is 42.3 Å². The number of carbonyl (C=O) groups excluding carboxylic acids is 2. The third-order valence-electron chi connectivity index (χ3n) is 5.33. The van der Waals surface area contributed by atoms with Gasteiger partial charge in [0.2, 0.25) is 5.91 Å². The molecule has 0 unspecified atom stereocenters. The number of carbonyl (C=O) groups is 2. The van der Waals surface area contributed by atoms with Gasteiger partial charge in [0.1, 0.15) is 17.1 Å². The number of hydrogen-bond donors (Lipinski definition) is 3. The van der Waals surface area contributed by atoms with Crippen LogP contribution in [-0.4, -0.2) is 35.7 Å². The maximum atomic E-state index is 12.9. The lowest BCUT2D eigenvalue weighted by molar-refractivity contribution is -0.121. The van der Waals surface area contributed by atoms with Gasteiger partial charge in [0.25, 0.3) is 5.56 Å². The highest BCUT2D eigenvalue weighted by atomic mass is 35.5. The molecule has 1 heterocycles. The van der Waals surface area contributed by atoms with Crippen molar-refractivity contribution in [2.75, 3.05) is 13.7 Å². The topological polar surface area (TPSA) is 118 Å². The molecular weight excluding hydrogens is 495 g/mol. The van der Waals surface area contributed by atoms with Crippen LogP contribution in [0.1, 0.15) is 46.3 Å². The molecule has 1 aromatic heterocycles. The molecule has 2 aromatic carbocycles. The fourth-order valence-electron chi connectivity index (χ4n) is 3.55. The zero-order valence-electron chi connectivity index (χ0n) is 19.1. The van der Waals surface area contributed by atoms with Gasteiger partial charge in [-0.3, -0.25) is 9.59 Å². The second-order valence-corrected chi connectivity index (χ2v) is 8.38. The van der Waals surface area contributed by atoms with Gasteiger partial charge in [0, 0.05) is 25.1 Å². The summed E-state index contributed by atoms with van der Waals surface area (Å²) in [6, 6.07) is 11.7. The fraction of sp³-hybridized carbons (Fsp3) is 0.240. The number of H-pyrrole nitrogens is 1. The lowest BCUT2D eigenvalue weighted by atomic mass is 9.87. The summed E-state index contributed by atoms with van der Waals surface area (Å²) < 4.78 is 10.2. The van der Waals surface area contributed by atoms with Gasteiger partial charge in [-0.1, -0.05) is 41.4 Å². The van der Waals surface area contributed by atoms with Crippen molar-refractivity contribution >= 4 is 35.1 Å². The van der Waals surface area contributed by atoms with Crippen LogP contribution in [0.5, 0.6) is 11.5 Å². The Bertz CT molecular complexity index is 1270. The van der Waals surface area contributed by atoms with Crippen molar-refractivity contribution in [3.8, 4) is 11.5 Å². The Labute approximate surface area is 211 Å². The average Bonchev–Trinajstić information content (AvgIpc) is 2.84. The monoisotopic (exact) mass is 518 g/mol. The third kappa shape index (κ3) is 6.35. The maximum Gasteiger partial charge on any atom is 0.343 e. The van der Waals surface area contributed by atoms with E-state index >= 15 is 0 Å². The first-order chi connectivity index (χ1) is 16.7. The van der Waals surface area contributed by atoms with E-state index in [9.17, 15) is 19.5 Å². The number of aromatic hydroxyl groups is 1. The van der Waals surface area contributed by atoms with E-state index in [1.807, 2.05) is 0 Å². The molecule has 8 nitrogen and oxygen atoms in total. The summed E-state index contributed by atoms with van der Waals surface area (Å²) in [5.41, 5.74) is 0.353.